The van der Waals surface area contributed by atoms with Crippen molar-refractivity contribution in [3.63, 3.8) is 0 Å². The molecule has 5 nitrogen and oxygen atoms in total. The Morgan fingerprint density at radius 1 is 1.50 bits per heavy atom. The third-order valence-corrected chi connectivity index (χ3v) is 4.02. The Hall–Kier alpha value is -1.27. The maximum Gasteiger partial charge on any atom is 0.312 e. The van der Waals surface area contributed by atoms with Gasteiger partial charge in [0.25, 0.3) is 0 Å². The highest BCUT2D eigenvalue weighted by molar-refractivity contribution is 9.10. The summed E-state index contributed by atoms with van der Waals surface area (Å²) in [6.45, 7) is 3.18. The number of benzene rings is 1. The van der Waals surface area contributed by atoms with Crippen molar-refractivity contribution >= 4 is 21.9 Å². The van der Waals surface area contributed by atoms with Crippen LogP contribution >= 0.6 is 15.9 Å². The molecule has 110 valence electrons. The molecule has 0 saturated carbocycles. The molecule has 1 aromatic rings. The molecule has 1 aromatic carbocycles. The lowest BCUT2D eigenvalue weighted by Gasteiger charge is -2.21. The van der Waals surface area contributed by atoms with Crippen LogP contribution in [0.5, 0.6) is 11.5 Å². The molecule has 0 amide bonds. The van der Waals surface area contributed by atoms with E-state index in [1.807, 2.05) is 6.92 Å². The van der Waals surface area contributed by atoms with Crippen LogP contribution in [0.2, 0.25) is 0 Å². The minimum Gasteiger partial charge on any atom is -0.490 e. The van der Waals surface area contributed by atoms with E-state index < -0.39 is 11.9 Å². The van der Waals surface area contributed by atoms with Crippen molar-refractivity contribution in [1.82, 2.24) is 0 Å². The summed E-state index contributed by atoms with van der Waals surface area (Å²) in [5.74, 6) is -0.368. The number of hydrogen-bond acceptors (Lipinski definition) is 4. The van der Waals surface area contributed by atoms with Crippen molar-refractivity contribution in [2.24, 2.45) is 5.73 Å². The first-order chi connectivity index (χ1) is 9.60. The molecule has 0 aromatic heterocycles. The Kier molecular flexibility index (Phi) is 4.88. The maximum atomic E-state index is 11.4. The minimum absolute atomic E-state index is 0.0422. The van der Waals surface area contributed by atoms with Gasteiger partial charge in [-0.3, -0.25) is 4.79 Å². The quantitative estimate of drug-likeness (QED) is 0.876. The predicted octanol–water partition coefficient (Wildman–Crippen LogP) is 2.30. The number of aliphatic carboxylic acids is 1. The molecule has 1 heterocycles. The molecule has 6 heteroatoms. The van der Waals surface area contributed by atoms with Crippen molar-refractivity contribution in [2.45, 2.75) is 25.7 Å². The first-order valence-corrected chi connectivity index (χ1v) is 7.43. The largest absolute Gasteiger partial charge is 0.490 e. The molecule has 0 spiro atoms. The van der Waals surface area contributed by atoms with Gasteiger partial charge in [0.2, 0.25) is 0 Å². The van der Waals surface area contributed by atoms with Crippen LogP contribution in [-0.2, 0) is 11.2 Å². The van der Waals surface area contributed by atoms with Gasteiger partial charge in [0.15, 0.2) is 11.5 Å². The zero-order valence-corrected chi connectivity index (χ0v) is 12.9. The second-order valence-electron chi connectivity index (χ2n) is 4.61. The molecule has 0 fully saturated rings. The van der Waals surface area contributed by atoms with E-state index in [9.17, 15) is 9.90 Å². The van der Waals surface area contributed by atoms with Gasteiger partial charge in [-0.1, -0.05) is 22.9 Å². The lowest BCUT2D eigenvalue weighted by molar-refractivity contribution is -0.138. The first kappa shape index (κ1) is 15.1. The van der Waals surface area contributed by atoms with E-state index >= 15 is 0 Å². The van der Waals surface area contributed by atoms with Gasteiger partial charge in [-0.25, -0.2) is 0 Å². The van der Waals surface area contributed by atoms with E-state index in [4.69, 9.17) is 15.2 Å². The summed E-state index contributed by atoms with van der Waals surface area (Å²) >= 11 is 3.45. The van der Waals surface area contributed by atoms with Crippen LogP contribution in [0.25, 0.3) is 0 Å². The van der Waals surface area contributed by atoms with Crippen LogP contribution in [0, 0.1) is 0 Å². The zero-order chi connectivity index (χ0) is 14.7. The Balaban J connectivity index is 2.62. The van der Waals surface area contributed by atoms with Crippen LogP contribution in [0.3, 0.4) is 0 Å². The zero-order valence-electron chi connectivity index (χ0n) is 11.3. The molecule has 3 N–H and O–H groups in total. The molecule has 20 heavy (non-hydrogen) atoms. The fourth-order valence-corrected chi connectivity index (χ4v) is 3.15. The number of hydrogen-bond donors (Lipinski definition) is 2. The topological polar surface area (TPSA) is 81.8 Å². The lowest BCUT2D eigenvalue weighted by Crippen LogP contribution is -2.23. The molecule has 1 aliphatic heterocycles. The van der Waals surface area contributed by atoms with Crippen molar-refractivity contribution in [1.29, 1.82) is 0 Å². The molecule has 2 rings (SSSR count). The number of rotatable bonds is 4. The summed E-state index contributed by atoms with van der Waals surface area (Å²) in [6, 6.07) is 1.78. The highest BCUT2D eigenvalue weighted by Crippen LogP contribution is 2.42. The van der Waals surface area contributed by atoms with Crippen LogP contribution in [0.4, 0.5) is 0 Å². The number of ether oxygens (including phenoxy) is 2. The summed E-state index contributed by atoms with van der Waals surface area (Å²) < 4.78 is 12.1. The van der Waals surface area contributed by atoms with Gasteiger partial charge < -0.3 is 20.3 Å². The summed E-state index contributed by atoms with van der Waals surface area (Å²) in [5.41, 5.74) is 7.17. The van der Waals surface area contributed by atoms with Gasteiger partial charge in [-0.2, -0.15) is 0 Å². The minimum atomic E-state index is -0.933. The lowest BCUT2D eigenvalue weighted by atomic mass is 9.92. The van der Waals surface area contributed by atoms with Crippen LogP contribution in [0.1, 0.15) is 30.4 Å². The van der Waals surface area contributed by atoms with Gasteiger partial charge in [-0.05, 0) is 18.1 Å². The van der Waals surface area contributed by atoms with Crippen LogP contribution < -0.4 is 15.2 Å². The Labute approximate surface area is 126 Å². The van der Waals surface area contributed by atoms with E-state index in [1.165, 1.54) is 0 Å². The van der Waals surface area contributed by atoms with Crippen LogP contribution in [-0.4, -0.2) is 30.8 Å². The smallest absolute Gasteiger partial charge is 0.312 e. The van der Waals surface area contributed by atoms with E-state index in [2.05, 4.69) is 15.9 Å². The fourth-order valence-electron chi connectivity index (χ4n) is 2.42. The number of carboxylic acid groups (broad SMARTS) is 1. The molecule has 0 saturated heterocycles. The predicted molar refractivity (Wildman–Crippen MR) is 78.6 cm³/mol. The van der Waals surface area contributed by atoms with Gasteiger partial charge in [0.1, 0.15) is 0 Å². The van der Waals surface area contributed by atoms with Crippen molar-refractivity contribution < 1.29 is 19.4 Å². The van der Waals surface area contributed by atoms with E-state index in [1.54, 1.807) is 6.07 Å². The summed E-state index contributed by atoms with van der Waals surface area (Å²) in [5, 5.41) is 9.36. The average Bonchev–Trinajstić information content (AvgIpc) is 2.64. The molecule has 1 unspecified atom stereocenters. The Bertz CT molecular complexity index is 518. The molecule has 0 radical (unpaired) electrons. The first-order valence-electron chi connectivity index (χ1n) is 6.63. The van der Waals surface area contributed by atoms with Crippen molar-refractivity contribution in [3.8, 4) is 11.5 Å². The summed E-state index contributed by atoms with van der Waals surface area (Å²) in [7, 11) is 0. The SMILES string of the molecule is CCc1c2c(cc(Br)c1C(CN)C(=O)O)OCCCO2. The van der Waals surface area contributed by atoms with E-state index in [0.29, 0.717) is 41.2 Å². The van der Waals surface area contributed by atoms with Gasteiger partial charge in [-0.15, -0.1) is 0 Å². The molecule has 1 aliphatic rings. The van der Waals surface area contributed by atoms with Crippen molar-refractivity contribution in [3.05, 3.63) is 21.7 Å². The Morgan fingerprint density at radius 2 is 2.20 bits per heavy atom. The fraction of sp³-hybridized carbons (Fsp3) is 0.500. The average molecular weight is 344 g/mol. The van der Waals surface area contributed by atoms with Gasteiger partial charge in [0.05, 0.1) is 19.1 Å². The third kappa shape index (κ3) is 2.76. The second kappa shape index (κ2) is 6.45. The standard InChI is InChI=1S/C14H18BrNO4/c1-2-8-12(9(7-16)14(17)18)10(15)6-11-13(8)20-5-3-4-19-11/h6,9H,2-5,7,16H2,1H3,(H,17,18). The molecular weight excluding hydrogens is 326 g/mol. The second-order valence-corrected chi connectivity index (χ2v) is 5.46. The monoisotopic (exact) mass is 343 g/mol. The molecule has 0 aliphatic carbocycles. The van der Waals surface area contributed by atoms with Crippen molar-refractivity contribution in [2.75, 3.05) is 19.8 Å². The van der Waals surface area contributed by atoms with Crippen LogP contribution in [0.15, 0.2) is 10.5 Å². The Morgan fingerprint density at radius 3 is 2.80 bits per heavy atom. The molecule has 0 bridgehead atoms. The molecule has 1 atom stereocenters. The van der Waals surface area contributed by atoms with Gasteiger partial charge in [0, 0.05) is 23.0 Å². The van der Waals surface area contributed by atoms with E-state index in [0.717, 1.165) is 12.0 Å². The number of halogens is 1. The van der Waals surface area contributed by atoms with E-state index in [-0.39, 0.29) is 6.54 Å². The highest BCUT2D eigenvalue weighted by Gasteiger charge is 2.28. The molecular formula is C14H18BrNO4. The number of carbonyl (C=O) groups is 1. The number of nitrogens with two attached hydrogens (primary N) is 1. The summed E-state index contributed by atoms with van der Waals surface area (Å²) in [6.07, 6.45) is 1.47. The third-order valence-electron chi connectivity index (χ3n) is 3.37. The summed E-state index contributed by atoms with van der Waals surface area (Å²) in [4.78, 5) is 11.4. The number of carboxylic acids is 1. The highest BCUT2D eigenvalue weighted by atomic mass is 79.9. The maximum absolute atomic E-state index is 11.4. The van der Waals surface area contributed by atoms with Gasteiger partial charge >= 0.3 is 5.97 Å². The number of fused-ring (bicyclic) bond motifs is 1. The normalized spacial score (nSPS) is 15.6.